The van der Waals surface area contributed by atoms with E-state index in [1.165, 1.54) is 0 Å². The summed E-state index contributed by atoms with van der Waals surface area (Å²) in [6.07, 6.45) is 0.182. The summed E-state index contributed by atoms with van der Waals surface area (Å²) in [6.45, 7) is -0.113. The quantitative estimate of drug-likeness (QED) is 0.778. The first-order valence-electron chi connectivity index (χ1n) is 5.20. The van der Waals surface area contributed by atoms with E-state index in [4.69, 9.17) is 14.6 Å². The molecule has 1 aromatic rings. The van der Waals surface area contributed by atoms with Crippen LogP contribution in [-0.2, 0) is 9.53 Å². The van der Waals surface area contributed by atoms with E-state index in [9.17, 15) is 4.79 Å². The van der Waals surface area contributed by atoms with Gasteiger partial charge in [0.1, 0.15) is 11.9 Å². The Bertz CT molecular complexity index is 371. The molecule has 1 N–H and O–H groups in total. The molecule has 16 heavy (non-hydrogen) atoms. The molecule has 4 nitrogen and oxygen atoms in total. The minimum Gasteiger partial charge on any atom is -0.497 e. The first-order valence-corrected chi connectivity index (χ1v) is 5.20. The van der Waals surface area contributed by atoms with Gasteiger partial charge in [0, 0.05) is 6.42 Å². The van der Waals surface area contributed by atoms with Gasteiger partial charge in [0.05, 0.1) is 19.6 Å². The van der Waals surface area contributed by atoms with E-state index in [1.54, 1.807) is 7.11 Å². The average Bonchev–Trinajstić information content (AvgIpc) is 2.71. The predicted octanol–water partition coefficient (Wildman–Crippen LogP) is 1.09. The summed E-state index contributed by atoms with van der Waals surface area (Å²) in [5, 5.41) is 8.93. The minimum atomic E-state index is -0.361. The molecule has 1 aliphatic heterocycles. The molecular weight excluding hydrogens is 208 g/mol. The normalized spacial score (nSPS) is 24.2. The van der Waals surface area contributed by atoms with Crippen molar-refractivity contribution in [2.45, 2.75) is 18.4 Å². The highest BCUT2D eigenvalue weighted by Crippen LogP contribution is 2.31. The van der Waals surface area contributed by atoms with Crippen LogP contribution < -0.4 is 4.74 Å². The molecule has 1 aliphatic rings. The van der Waals surface area contributed by atoms with E-state index in [0.29, 0.717) is 6.42 Å². The molecule has 1 aromatic carbocycles. The molecule has 2 atom stereocenters. The maximum absolute atomic E-state index is 11.5. The van der Waals surface area contributed by atoms with Gasteiger partial charge in [-0.15, -0.1) is 0 Å². The third-order valence-corrected chi connectivity index (χ3v) is 2.79. The van der Waals surface area contributed by atoms with Crippen LogP contribution in [0.4, 0.5) is 0 Å². The SMILES string of the molecule is COc1ccc([C@@H]2C[C@@H](CO)OC2=O)cc1. The summed E-state index contributed by atoms with van der Waals surface area (Å²) >= 11 is 0. The largest absolute Gasteiger partial charge is 0.497 e. The van der Waals surface area contributed by atoms with Gasteiger partial charge in [0.2, 0.25) is 0 Å². The second kappa shape index (κ2) is 4.53. The number of cyclic esters (lactones) is 1. The summed E-state index contributed by atoms with van der Waals surface area (Å²) in [4.78, 5) is 11.5. The van der Waals surface area contributed by atoms with Crippen LogP contribution in [0, 0.1) is 0 Å². The molecule has 0 unspecified atom stereocenters. The first kappa shape index (κ1) is 11.0. The van der Waals surface area contributed by atoms with E-state index < -0.39 is 0 Å². The lowest BCUT2D eigenvalue weighted by Crippen LogP contribution is -2.10. The van der Waals surface area contributed by atoms with Crippen molar-refractivity contribution in [1.82, 2.24) is 0 Å². The highest BCUT2D eigenvalue weighted by molar-refractivity contribution is 5.80. The van der Waals surface area contributed by atoms with Crippen LogP contribution >= 0.6 is 0 Å². The van der Waals surface area contributed by atoms with Crippen molar-refractivity contribution >= 4 is 5.97 Å². The maximum Gasteiger partial charge on any atom is 0.313 e. The van der Waals surface area contributed by atoms with Gasteiger partial charge < -0.3 is 14.6 Å². The van der Waals surface area contributed by atoms with Gasteiger partial charge in [0.25, 0.3) is 0 Å². The Morgan fingerprint density at radius 3 is 2.62 bits per heavy atom. The van der Waals surface area contributed by atoms with E-state index >= 15 is 0 Å². The van der Waals surface area contributed by atoms with Crippen LogP contribution in [0.2, 0.25) is 0 Å². The summed E-state index contributed by atoms with van der Waals surface area (Å²) in [7, 11) is 1.60. The van der Waals surface area contributed by atoms with E-state index in [0.717, 1.165) is 11.3 Å². The number of hydrogen-bond donors (Lipinski definition) is 1. The molecule has 1 heterocycles. The molecule has 0 saturated carbocycles. The third kappa shape index (κ3) is 2.02. The number of carbonyl (C=O) groups excluding carboxylic acids is 1. The van der Waals surface area contributed by atoms with Gasteiger partial charge in [-0.2, -0.15) is 0 Å². The number of rotatable bonds is 3. The topological polar surface area (TPSA) is 55.8 Å². The number of esters is 1. The Morgan fingerprint density at radius 1 is 1.44 bits per heavy atom. The lowest BCUT2D eigenvalue weighted by Gasteiger charge is -2.06. The Balaban J connectivity index is 2.15. The van der Waals surface area contributed by atoms with Crippen molar-refractivity contribution < 1.29 is 19.4 Å². The highest BCUT2D eigenvalue weighted by atomic mass is 16.6. The van der Waals surface area contributed by atoms with Crippen molar-refractivity contribution in [1.29, 1.82) is 0 Å². The predicted molar refractivity (Wildman–Crippen MR) is 57.3 cm³/mol. The molecule has 0 amide bonds. The van der Waals surface area contributed by atoms with Crippen LogP contribution in [-0.4, -0.2) is 30.9 Å². The second-order valence-electron chi connectivity index (χ2n) is 3.80. The highest BCUT2D eigenvalue weighted by Gasteiger charge is 2.34. The van der Waals surface area contributed by atoms with Gasteiger partial charge in [-0.1, -0.05) is 12.1 Å². The van der Waals surface area contributed by atoms with E-state index in [1.807, 2.05) is 24.3 Å². The molecule has 0 spiro atoms. The Hall–Kier alpha value is -1.55. The summed E-state index contributed by atoms with van der Waals surface area (Å²) in [6, 6.07) is 7.33. The minimum absolute atomic E-state index is 0.113. The number of aliphatic hydroxyl groups excluding tert-OH is 1. The van der Waals surface area contributed by atoms with Crippen LogP contribution in [0.1, 0.15) is 17.9 Å². The number of aliphatic hydroxyl groups is 1. The maximum atomic E-state index is 11.5. The Labute approximate surface area is 93.8 Å². The molecule has 0 bridgehead atoms. The molecule has 1 fully saturated rings. The second-order valence-corrected chi connectivity index (χ2v) is 3.80. The number of carbonyl (C=O) groups is 1. The number of methoxy groups -OCH3 is 1. The van der Waals surface area contributed by atoms with E-state index in [2.05, 4.69) is 0 Å². The molecule has 2 rings (SSSR count). The number of hydrogen-bond acceptors (Lipinski definition) is 4. The summed E-state index contributed by atoms with van der Waals surface area (Å²) in [5.74, 6) is 0.237. The zero-order chi connectivity index (χ0) is 11.5. The average molecular weight is 222 g/mol. The molecule has 86 valence electrons. The van der Waals surface area contributed by atoms with Gasteiger partial charge in [-0.25, -0.2) is 0 Å². The summed E-state index contributed by atoms with van der Waals surface area (Å²) in [5.41, 5.74) is 0.904. The lowest BCUT2D eigenvalue weighted by atomic mass is 9.96. The fraction of sp³-hybridized carbons (Fsp3) is 0.417. The molecule has 0 aliphatic carbocycles. The van der Waals surface area contributed by atoms with Gasteiger partial charge in [-0.05, 0) is 17.7 Å². The molecule has 0 aromatic heterocycles. The zero-order valence-corrected chi connectivity index (χ0v) is 9.05. The fourth-order valence-electron chi connectivity index (χ4n) is 1.87. The molecule has 4 heteroatoms. The van der Waals surface area contributed by atoms with Gasteiger partial charge in [-0.3, -0.25) is 4.79 Å². The Morgan fingerprint density at radius 2 is 2.12 bits per heavy atom. The third-order valence-electron chi connectivity index (χ3n) is 2.79. The lowest BCUT2D eigenvalue weighted by molar-refractivity contribution is -0.143. The molecule has 1 saturated heterocycles. The smallest absolute Gasteiger partial charge is 0.313 e. The van der Waals surface area contributed by atoms with Crippen molar-refractivity contribution in [3.8, 4) is 5.75 Å². The zero-order valence-electron chi connectivity index (χ0n) is 9.05. The van der Waals surface area contributed by atoms with Crippen LogP contribution in [0.25, 0.3) is 0 Å². The first-order chi connectivity index (χ1) is 7.74. The number of ether oxygens (including phenoxy) is 2. The standard InChI is InChI=1S/C12H14O4/c1-15-9-4-2-8(3-5-9)11-6-10(7-13)16-12(11)14/h2-5,10-11,13H,6-7H2,1H3/t10-,11-/m0/s1. The van der Waals surface area contributed by atoms with Crippen molar-refractivity contribution in [2.75, 3.05) is 13.7 Å². The number of benzene rings is 1. The molecule has 0 radical (unpaired) electrons. The van der Waals surface area contributed by atoms with Gasteiger partial charge >= 0.3 is 5.97 Å². The van der Waals surface area contributed by atoms with Crippen molar-refractivity contribution in [3.05, 3.63) is 29.8 Å². The van der Waals surface area contributed by atoms with Crippen LogP contribution in [0.5, 0.6) is 5.75 Å². The van der Waals surface area contributed by atoms with E-state index in [-0.39, 0.29) is 24.6 Å². The molecular formula is C12H14O4. The Kier molecular flexibility index (Phi) is 3.10. The fourth-order valence-corrected chi connectivity index (χ4v) is 1.87. The van der Waals surface area contributed by atoms with Crippen molar-refractivity contribution in [3.63, 3.8) is 0 Å². The van der Waals surface area contributed by atoms with Crippen molar-refractivity contribution in [2.24, 2.45) is 0 Å². The monoisotopic (exact) mass is 222 g/mol. The van der Waals surface area contributed by atoms with Gasteiger partial charge in [0.15, 0.2) is 0 Å². The van der Waals surface area contributed by atoms with Crippen LogP contribution in [0.15, 0.2) is 24.3 Å². The van der Waals surface area contributed by atoms with Crippen LogP contribution in [0.3, 0.4) is 0 Å². The summed E-state index contributed by atoms with van der Waals surface area (Å²) < 4.78 is 10.1.